The van der Waals surface area contributed by atoms with Crippen LogP contribution in [-0.2, 0) is 4.43 Å². The molecule has 2 N–H and O–H groups in total. The molecule has 0 aliphatic rings. The Hall–Kier alpha value is -0.643. The minimum atomic E-state index is -1.79. The van der Waals surface area contributed by atoms with Crippen molar-refractivity contribution < 1.29 is 4.43 Å². The maximum Gasteiger partial charge on any atom is 0.192 e. The normalized spacial score (nSPS) is 16.4. The largest absolute Gasteiger partial charge is 0.408 e. The van der Waals surface area contributed by atoms with E-state index in [2.05, 4.69) is 46.0 Å². The molecule has 0 unspecified atom stereocenters. The minimum absolute atomic E-state index is 0.00141. The SMILES string of the molecule is C[C@H](N)[C@H](O[Si](C)(C)C(C)(C)C)c1ccccc1. The molecule has 0 aliphatic carbocycles. The summed E-state index contributed by atoms with van der Waals surface area (Å²) in [6, 6.07) is 10.3. The predicted octanol–water partition coefficient (Wildman–Crippen LogP) is 4.10. The quantitative estimate of drug-likeness (QED) is 0.832. The van der Waals surface area contributed by atoms with Crippen molar-refractivity contribution in [1.29, 1.82) is 0 Å². The monoisotopic (exact) mass is 265 g/mol. The number of hydrogen-bond acceptors (Lipinski definition) is 2. The third kappa shape index (κ3) is 3.67. The molecule has 0 amide bonds. The third-order valence-electron chi connectivity index (χ3n) is 3.83. The van der Waals surface area contributed by atoms with Gasteiger partial charge in [-0.1, -0.05) is 51.1 Å². The summed E-state index contributed by atoms with van der Waals surface area (Å²) in [6.07, 6.45) is -0.00732. The van der Waals surface area contributed by atoms with Gasteiger partial charge in [0.25, 0.3) is 0 Å². The van der Waals surface area contributed by atoms with Gasteiger partial charge in [0, 0.05) is 6.04 Å². The predicted molar refractivity (Wildman–Crippen MR) is 81.1 cm³/mol. The standard InChI is InChI=1S/C15H27NOSi/c1-12(16)14(13-10-8-7-9-11-13)17-18(5,6)15(2,3)4/h7-12,14H,16H2,1-6H3/t12-,14-/m0/s1. The molecule has 102 valence electrons. The van der Waals surface area contributed by atoms with E-state index in [4.69, 9.17) is 10.2 Å². The van der Waals surface area contributed by atoms with E-state index >= 15 is 0 Å². The minimum Gasteiger partial charge on any atom is -0.408 e. The van der Waals surface area contributed by atoms with Crippen LogP contribution < -0.4 is 5.73 Å². The van der Waals surface area contributed by atoms with Crippen molar-refractivity contribution in [2.45, 2.75) is 58.0 Å². The first kappa shape index (κ1) is 15.4. The highest BCUT2D eigenvalue weighted by Crippen LogP contribution is 2.40. The van der Waals surface area contributed by atoms with Crippen molar-refractivity contribution in [1.82, 2.24) is 0 Å². The van der Waals surface area contributed by atoms with Crippen molar-refractivity contribution in [3.8, 4) is 0 Å². The van der Waals surface area contributed by atoms with E-state index in [0.717, 1.165) is 0 Å². The van der Waals surface area contributed by atoms with Gasteiger partial charge in [-0.2, -0.15) is 0 Å². The average Bonchev–Trinajstić information content (AvgIpc) is 2.25. The highest BCUT2D eigenvalue weighted by Gasteiger charge is 2.40. The van der Waals surface area contributed by atoms with Gasteiger partial charge in [0.2, 0.25) is 0 Å². The first-order valence-corrected chi connectivity index (χ1v) is 9.54. The van der Waals surface area contributed by atoms with E-state index in [1.54, 1.807) is 0 Å². The van der Waals surface area contributed by atoms with Crippen molar-refractivity contribution in [3.05, 3.63) is 35.9 Å². The summed E-state index contributed by atoms with van der Waals surface area (Å²) in [5.41, 5.74) is 7.29. The molecule has 2 atom stereocenters. The van der Waals surface area contributed by atoms with Crippen LogP contribution in [0.4, 0.5) is 0 Å². The summed E-state index contributed by atoms with van der Waals surface area (Å²) >= 11 is 0. The maximum absolute atomic E-state index is 6.46. The molecular weight excluding hydrogens is 238 g/mol. The number of hydrogen-bond donors (Lipinski definition) is 1. The van der Waals surface area contributed by atoms with Crippen LogP contribution in [-0.4, -0.2) is 14.4 Å². The Bertz CT molecular complexity index is 368. The molecule has 0 heterocycles. The van der Waals surface area contributed by atoms with E-state index in [0.29, 0.717) is 0 Å². The molecule has 0 radical (unpaired) electrons. The molecule has 2 nitrogen and oxygen atoms in total. The van der Waals surface area contributed by atoms with Crippen LogP contribution in [0.5, 0.6) is 0 Å². The van der Waals surface area contributed by atoms with Crippen molar-refractivity contribution in [2.24, 2.45) is 5.73 Å². The van der Waals surface area contributed by atoms with Gasteiger partial charge in [0.15, 0.2) is 8.32 Å². The van der Waals surface area contributed by atoms with Crippen LogP contribution in [0.25, 0.3) is 0 Å². The second kappa shape index (κ2) is 5.55. The van der Waals surface area contributed by atoms with Gasteiger partial charge in [-0.15, -0.1) is 0 Å². The molecule has 0 aliphatic heterocycles. The third-order valence-corrected chi connectivity index (χ3v) is 8.29. The van der Waals surface area contributed by atoms with E-state index < -0.39 is 8.32 Å². The maximum atomic E-state index is 6.46. The topological polar surface area (TPSA) is 35.2 Å². The second-order valence-corrected chi connectivity index (χ2v) is 11.3. The number of nitrogens with two attached hydrogens (primary N) is 1. The Morgan fingerprint density at radius 1 is 1.11 bits per heavy atom. The Labute approximate surface area is 113 Å². The molecule has 18 heavy (non-hydrogen) atoms. The smallest absolute Gasteiger partial charge is 0.192 e. The van der Waals surface area contributed by atoms with E-state index in [1.807, 2.05) is 25.1 Å². The highest BCUT2D eigenvalue weighted by molar-refractivity contribution is 6.74. The van der Waals surface area contributed by atoms with Gasteiger partial charge in [-0.25, -0.2) is 0 Å². The summed E-state index contributed by atoms with van der Waals surface area (Å²) in [5, 5.41) is 0.203. The van der Waals surface area contributed by atoms with Crippen molar-refractivity contribution in [3.63, 3.8) is 0 Å². The average molecular weight is 265 g/mol. The molecule has 0 saturated carbocycles. The van der Waals surface area contributed by atoms with E-state index in [1.165, 1.54) is 5.56 Å². The van der Waals surface area contributed by atoms with Crippen LogP contribution in [0.1, 0.15) is 39.4 Å². The van der Waals surface area contributed by atoms with Crippen LogP contribution in [0, 0.1) is 0 Å². The fourth-order valence-corrected chi connectivity index (χ4v) is 2.95. The molecule has 3 heteroatoms. The Kier molecular flexibility index (Phi) is 4.76. The fourth-order valence-electron chi connectivity index (χ4n) is 1.62. The number of rotatable bonds is 4. The zero-order valence-electron chi connectivity index (χ0n) is 12.5. The van der Waals surface area contributed by atoms with Gasteiger partial charge in [0.1, 0.15) is 0 Å². The van der Waals surface area contributed by atoms with Crippen LogP contribution in [0.15, 0.2) is 30.3 Å². The van der Waals surface area contributed by atoms with Gasteiger partial charge in [-0.05, 0) is 30.6 Å². The number of benzene rings is 1. The van der Waals surface area contributed by atoms with Crippen molar-refractivity contribution >= 4 is 8.32 Å². The lowest BCUT2D eigenvalue weighted by Gasteiger charge is -2.40. The summed E-state index contributed by atoms with van der Waals surface area (Å²) < 4.78 is 6.46. The van der Waals surface area contributed by atoms with Gasteiger partial charge < -0.3 is 10.2 Å². The molecule has 0 saturated heterocycles. The van der Waals surface area contributed by atoms with E-state index in [-0.39, 0.29) is 17.2 Å². The van der Waals surface area contributed by atoms with Gasteiger partial charge in [0.05, 0.1) is 6.10 Å². The molecule has 0 fully saturated rings. The van der Waals surface area contributed by atoms with Crippen LogP contribution in [0.2, 0.25) is 18.1 Å². The van der Waals surface area contributed by atoms with Crippen LogP contribution >= 0.6 is 0 Å². The van der Waals surface area contributed by atoms with Gasteiger partial charge in [-0.3, -0.25) is 0 Å². The summed E-state index contributed by atoms with van der Waals surface area (Å²) in [5.74, 6) is 0. The molecule has 0 bridgehead atoms. The van der Waals surface area contributed by atoms with E-state index in [9.17, 15) is 0 Å². The summed E-state index contributed by atoms with van der Waals surface area (Å²) in [6.45, 7) is 13.3. The molecule has 1 aromatic rings. The van der Waals surface area contributed by atoms with Crippen molar-refractivity contribution in [2.75, 3.05) is 0 Å². The summed E-state index contributed by atoms with van der Waals surface area (Å²) in [4.78, 5) is 0. The zero-order valence-corrected chi connectivity index (χ0v) is 13.5. The molecular formula is C15H27NOSi. The fraction of sp³-hybridized carbons (Fsp3) is 0.600. The second-order valence-electron chi connectivity index (χ2n) is 6.57. The van der Waals surface area contributed by atoms with Crippen LogP contribution in [0.3, 0.4) is 0 Å². The first-order chi connectivity index (χ1) is 8.15. The Balaban J connectivity index is 2.96. The zero-order chi connectivity index (χ0) is 14.0. The lowest BCUT2D eigenvalue weighted by atomic mass is 10.0. The lowest BCUT2D eigenvalue weighted by molar-refractivity contribution is 0.160. The lowest BCUT2D eigenvalue weighted by Crippen LogP contribution is -2.44. The highest BCUT2D eigenvalue weighted by atomic mass is 28.4. The Morgan fingerprint density at radius 2 is 1.61 bits per heavy atom. The molecule has 1 aromatic carbocycles. The Morgan fingerprint density at radius 3 is 2.00 bits per heavy atom. The van der Waals surface area contributed by atoms with Gasteiger partial charge >= 0.3 is 0 Å². The summed E-state index contributed by atoms with van der Waals surface area (Å²) in [7, 11) is -1.79. The first-order valence-electron chi connectivity index (χ1n) is 6.63. The molecule has 0 spiro atoms. The molecule has 1 rings (SSSR count). The molecule has 0 aromatic heterocycles.